The summed E-state index contributed by atoms with van der Waals surface area (Å²) in [5.74, 6) is -0.105. The molecule has 3 atom stereocenters. The molecule has 6 nitrogen and oxygen atoms in total. The van der Waals surface area contributed by atoms with Crippen LogP contribution in [0.5, 0.6) is 0 Å². The van der Waals surface area contributed by atoms with Crippen molar-refractivity contribution in [2.45, 2.75) is 69.0 Å². The van der Waals surface area contributed by atoms with Crippen LogP contribution in [0.4, 0.5) is 0 Å². The van der Waals surface area contributed by atoms with Crippen LogP contribution < -0.4 is 5.32 Å². The fourth-order valence-corrected chi connectivity index (χ4v) is 6.19. The number of hydrogen-bond acceptors (Lipinski definition) is 5. The molecule has 3 rings (SSSR count). The normalized spacial score (nSPS) is 21.6. The SMILES string of the molecule is CC(C)N(C)[C@@H]1CC[C@H](NC(=O)CCc2cccnc2)[C@H](CS(=O)(=O)c2ccccc2)C1. The lowest BCUT2D eigenvalue weighted by Crippen LogP contribution is -2.51. The number of nitrogens with zero attached hydrogens (tertiary/aromatic N) is 2. The summed E-state index contributed by atoms with van der Waals surface area (Å²) < 4.78 is 26.2. The van der Waals surface area contributed by atoms with Gasteiger partial charge in [0.25, 0.3) is 0 Å². The minimum Gasteiger partial charge on any atom is -0.353 e. The quantitative estimate of drug-likeness (QED) is 0.624. The van der Waals surface area contributed by atoms with Crippen molar-refractivity contribution >= 4 is 15.7 Å². The van der Waals surface area contributed by atoms with E-state index in [1.807, 2.05) is 18.2 Å². The van der Waals surface area contributed by atoms with Crippen molar-refractivity contribution in [3.05, 3.63) is 60.4 Å². The molecule has 0 saturated heterocycles. The maximum absolute atomic E-state index is 13.1. The van der Waals surface area contributed by atoms with Crippen molar-refractivity contribution in [2.75, 3.05) is 12.8 Å². The topological polar surface area (TPSA) is 79.4 Å². The predicted molar refractivity (Wildman–Crippen MR) is 127 cm³/mol. The Bertz CT molecular complexity index is 964. The summed E-state index contributed by atoms with van der Waals surface area (Å²) in [5.41, 5.74) is 1.02. The second kappa shape index (κ2) is 11.1. The number of carbonyl (C=O) groups excluding carboxylic acids is 1. The van der Waals surface area contributed by atoms with Gasteiger partial charge in [-0.2, -0.15) is 0 Å². The summed E-state index contributed by atoms with van der Waals surface area (Å²) >= 11 is 0. The van der Waals surface area contributed by atoms with E-state index in [0.29, 0.717) is 29.8 Å². The average Bonchev–Trinajstić information content (AvgIpc) is 2.79. The Labute approximate surface area is 192 Å². The summed E-state index contributed by atoms with van der Waals surface area (Å²) in [7, 11) is -1.33. The number of aryl methyl sites for hydroxylation is 1. The monoisotopic (exact) mass is 457 g/mol. The Hall–Kier alpha value is -2.25. The molecule has 0 bridgehead atoms. The van der Waals surface area contributed by atoms with E-state index in [1.54, 1.807) is 36.7 Å². The molecule has 1 amide bonds. The van der Waals surface area contributed by atoms with Crippen LogP contribution in [0.2, 0.25) is 0 Å². The maximum Gasteiger partial charge on any atom is 0.220 e. The second-order valence-electron chi connectivity index (χ2n) is 9.12. The van der Waals surface area contributed by atoms with Gasteiger partial charge in [0.15, 0.2) is 9.84 Å². The minimum atomic E-state index is -3.43. The van der Waals surface area contributed by atoms with Crippen LogP contribution in [-0.4, -0.2) is 55.1 Å². The second-order valence-corrected chi connectivity index (χ2v) is 11.2. The van der Waals surface area contributed by atoms with E-state index in [2.05, 4.69) is 36.1 Å². The van der Waals surface area contributed by atoms with E-state index >= 15 is 0 Å². The highest BCUT2D eigenvalue weighted by molar-refractivity contribution is 7.91. The lowest BCUT2D eigenvalue weighted by molar-refractivity contribution is -0.122. The van der Waals surface area contributed by atoms with Crippen LogP contribution in [0, 0.1) is 5.92 Å². The molecule has 0 aliphatic heterocycles. The first-order valence-corrected chi connectivity index (χ1v) is 13.1. The highest BCUT2D eigenvalue weighted by Gasteiger charge is 2.36. The molecule has 1 aromatic carbocycles. The summed E-state index contributed by atoms with van der Waals surface area (Å²) in [5, 5.41) is 3.16. The van der Waals surface area contributed by atoms with Crippen molar-refractivity contribution in [1.82, 2.24) is 15.2 Å². The van der Waals surface area contributed by atoms with Crippen molar-refractivity contribution < 1.29 is 13.2 Å². The van der Waals surface area contributed by atoms with Gasteiger partial charge in [-0.05, 0) is 76.3 Å². The van der Waals surface area contributed by atoms with Gasteiger partial charge in [-0.1, -0.05) is 24.3 Å². The van der Waals surface area contributed by atoms with Crippen LogP contribution in [0.3, 0.4) is 0 Å². The van der Waals surface area contributed by atoms with E-state index in [1.165, 1.54) is 0 Å². The van der Waals surface area contributed by atoms with E-state index in [9.17, 15) is 13.2 Å². The van der Waals surface area contributed by atoms with E-state index in [0.717, 1.165) is 24.8 Å². The van der Waals surface area contributed by atoms with Crippen LogP contribution in [-0.2, 0) is 21.1 Å². The maximum atomic E-state index is 13.1. The first kappa shape index (κ1) is 24.4. The molecule has 174 valence electrons. The van der Waals surface area contributed by atoms with Crippen LogP contribution in [0.25, 0.3) is 0 Å². The van der Waals surface area contributed by atoms with Gasteiger partial charge < -0.3 is 10.2 Å². The molecule has 1 aromatic heterocycles. The lowest BCUT2D eigenvalue weighted by atomic mass is 9.81. The fourth-order valence-electron chi connectivity index (χ4n) is 4.49. The Morgan fingerprint density at radius 1 is 1.16 bits per heavy atom. The molecule has 2 aromatic rings. The van der Waals surface area contributed by atoms with Gasteiger partial charge in [0.1, 0.15) is 0 Å². The van der Waals surface area contributed by atoms with Gasteiger partial charge in [0, 0.05) is 36.9 Å². The molecular weight excluding hydrogens is 422 g/mol. The number of rotatable bonds is 9. The van der Waals surface area contributed by atoms with Crippen molar-refractivity contribution in [3.8, 4) is 0 Å². The molecule has 1 aliphatic carbocycles. The van der Waals surface area contributed by atoms with Gasteiger partial charge in [-0.15, -0.1) is 0 Å². The number of aromatic nitrogens is 1. The van der Waals surface area contributed by atoms with Crippen LogP contribution >= 0.6 is 0 Å². The Morgan fingerprint density at radius 3 is 2.56 bits per heavy atom. The van der Waals surface area contributed by atoms with Gasteiger partial charge in [-0.25, -0.2) is 8.42 Å². The number of sulfone groups is 1. The summed E-state index contributed by atoms with van der Waals surface area (Å²) in [6, 6.07) is 13.0. The zero-order valence-electron chi connectivity index (χ0n) is 19.3. The van der Waals surface area contributed by atoms with Crippen molar-refractivity contribution in [2.24, 2.45) is 5.92 Å². The smallest absolute Gasteiger partial charge is 0.220 e. The molecule has 1 N–H and O–H groups in total. The van der Waals surface area contributed by atoms with Gasteiger partial charge >= 0.3 is 0 Å². The first-order valence-electron chi connectivity index (χ1n) is 11.4. The molecule has 1 saturated carbocycles. The van der Waals surface area contributed by atoms with E-state index in [4.69, 9.17) is 0 Å². The summed E-state index contributed by atoms with van der Waals surface area (Å²) in [6.07, 6.45) is 6.98. The predicted octanol–water partition coefficient (Wildman–Crippen LogP) is 3.48. The molecular formula is C25H35N3O3S. The Morgan fingerprint density at radius 2 is 1.91 bits per heavy atom. The van der Waals surface area contributed by atoms with E-state index < -0.39 is 9.84 Å². The number of carbonyl (C=O) groups is 1. The number of pyridine rings is 1. The molecule has 1 fully saturated rings. The van der Waals surface area contributed by atoms with Gasteiger partial charge in [0.05, 0.1) is 10.6 Å². The lowest BCUT2D eigenvalue weighted by Gasteiger charge is -2.41. The highest BCUT2D eigenvalue weighted by atomic mass is 32.2. The van der Waals surface area contributed by atoms with Gasteiger partial charge in [-0.3, -0.25) is 9.78 Å². The highest BCUT2D eigenvalue weighted by Crippen LogP contribution is 2.31. The number of amides is 1. The van der Waals surface area contributed by atoms with Crippen molar-refractivity contribution in [3.63, 3.8) is 0 Å². The largest absolute Gasteiger partial charge is 0.353 e. The number of nitrogens with one attached hydrogen (secondary N) is 1. The standard InChI is InChI=1S/C25H35N3O3S/c1-19(2)28(3)22-12-13-24(27-25(29)14-11-20-8-7-15-26-17-20)21(16-22)18-32(30,31)23-9-5-4-6-10-23/h4-10,15,17,19,21-22,24H,11-14,16,18H2,1-3H3,(H,27,29)/t21-,22+,24-/m0/s1. The molecule has 1 aliphatic rings. The fraction of sp³-hybridized carbons (Fsp3) is 0.520. The Kier molecular flexibility index (Phi) is 8.43. The van der Waals surface area contributed by atoms with Crippen LogP contribution in [0.15, 0.2) is 59.8 Å². The Balaban J connectivity index is 1.70. The van der Waals surface area contributed by atoms with E-state index in [-0.39, 0.29) is 23.6 Å². The zero-order chi connectivity index (χ0) is 23.1. The number of hydrogen-bond donors (Lipinski definition) is 1. The molecule has 0 radical (unpaired) electrons. The third-order valence-corrected chi connectivity index (χ3v) is 8.45. The zero-order valence-corrected chi connectivity index (χ0v) is 20.1. The first-order chi connectivity index (χ1) is 15.3. The molecule has 0 unspecified atom stereocenters. The van der Waals surface area contributed by atoms with Crippen LogP contribution in [0.1, 0.15) is 45.1 Å². The number of benzene rings is 1. The van der Waals surface area contributed by atoms with Gasteiger partial charge in [0.2, 0.25) is 5.91 Å². The minimum absolute atomic E-state index is 0.0309. The molecule has 7 heteroatoms. The average molecular weight is 458 g/mol. The van der Waals surface area contributed by atoms with Crippen molar-refractivity contribution in [1.29, 1.82) is 0 Å². The summed E-state index contributed by atoms with van der Waals surface area (Å²) in [6.45, 7) is 4.31. The third kappa shape index (κ3) is 6.62. The summed E-state index contributed by atoms with van der Waals surface area (Å²) in [4.78, 5) is 19.5. The molecule has 0 spiro atoms. The third-order valence-electron chi connectivity index (χ3n) is 6.59. The molecule has 1 heterocycles. The molecule has 32 heavy (non-hydrogen) atoms.